The molecule has 1 N–H and O–H groups in total. The van der Waals surface area contributed by atoms with Crippen molar-refractivity contribution in [1.29, 1.82) is 5.26 Å². The van der Waals surface area contributed by atoms with Crippen molar-refractivity contribution in [1.82, 2.24) is 5.32 Å². The molecule has 0 radical (unpaired) electrons. The predicted octanol–water partition coefficient (Wildman–Crippen LogP) is 3.12. The Balaban J connectivity index is 1.87. The average Bonchev–Trinajstić information content (AvgIpc) is 2.73. The van der Waals surface area contributed by atoms with E-state index in [1.807, 2.05) is 55.5 Å². The van der Waals surface area contributed by atoms with Gasteiger partial charge in [0.1, 0.15) is 19.6 Å². The van der Waals surface area contributed by atoms with Gasteiger partial charge in [-0.2, -0.15) is 5.26 Å². The van der Waals surface area contributed by atoms with Crippen LogP contribution in [0.5, 0.6) is 23.0 Å². The summed E-state index contributed by atoms with van der Waals surface area (Å²) in [5.74, 6) is 2.33. The molecule has 0 aromatic heterocycles. The molecule has 1 amide bonds. The van der Waals surface area contributed by atoms with Gasteiger partial charge in [-0.25, -0.2) is 0 Å². The van der Waals surface area contributed by atoms with Crippen LogP contribution in [0.15, 0.2) is 42.5 Å². The van der Waals surface area contributed by atoms with E-state index in [2.05, 4.69) is 5.32 Å². The number of hydrogen-bond acceptors (Lipinski definition) is 6. The summed E-state index contributed by atoms with van der Waals surface area (Å²) in [4.78, 5) is 11.4. The zero-order valence-corrected chi connectivity index (χ0v) is 16.8. The average molecular weight is 398 g/mol. The van der Waals surface area contributed by atoms with E-state index in [9.17, 15) is 4.79 Å². The van der Waals surface area contributed by atoms with Crippen molar-refractivity contribution in [3.8, 4) is 29.1 Å². The highest BCUT2D eigenvalue weighted by Crippen LogP contribution is 2.29. The van der Waals surface area contributed by atoms with Crippen molar-refractivity contribution in [3.63, 3.8) is 0 Å². The van der Waals surface area contributed by atoms with Crippen LogP contribution < -0.4 is 24.3 Å². The van der Waals surface area contributed by atoms with Crippen LogP contribution in [-0.4, -0.2) is 39.4 Å². The molecule has 0 bridgehead atoms. The summed E-state index contributed by atoms with van der Waals surface area (Å²) in [5, 5.41) is 11.2. The van der Waals surface area contributed by atoms with Gasteiger partial charge in [0.05, 0.1) is 19.8 Å². The topological polar surface area (TPSA) is 89.8 Å². The summed E-state index contributed by atoms with van der Waals surface area (Å²) < 4.78 is 22.5. The second kappa shape index (κ2) is 12.1. The highest BCUT2D eigenvalue weighted by molar-refractivity contribution is 5.77. The normalized spacial score (nSPS) is 9.97. The third-order valence-corrected chi connectivity index (χ3v) is 3.95. The Labute approximate surface area is 171 Å². The van der Waals surface area contributed by atoms with Crippen LogP contribution in [0.4, 0.5) is 0 Å². The molecule has 2 aromatic rings. The van der Waals surface area contributed by atoms with E-state index in [1.165, 1.54) is 0 Å². The van der Waals surface area contributed by atoms with Crippen LogP contribution in [0.3, 0.4) is 0 Å². The molecular weight excluding hydrogens is 372 g/mol. The van der Waals surface area contributed by atoms with E-state index in [4.69, 9.17) is 24.2 Å². The van der Waals surface area contributed by atoms with Gasteiger partial charge in [0, 0.05) is 6.54 Å². The van der Waals surface area contributed by atoms with Gasteiger partial charge in [-0.05, 0) is 43.2 Å². The number of carbonyl (C=O) groups is 1. The van der Waals surface area contributed by atoms with Crippen molar-refractivity contribution in [2.45, 2.75) is 19.8 Å². The minimum Gasteiger partial charge on any atom is -0.493 e. The number of methoxy groups -OCH3 is 1. The van der Waals surface area contributed by atoms with Gasteiger partial charge in [-0.15, -0.1) is 0 Å². The van der Waals surface area contributed by atoms with Crippen LogP contribution in [-0.2, 0) is 11.2 Å². The summed E-state index contributed by atoms with van der Waals surface area (Å²) in [6.07, 6.45) is 0.485. The highest BCUT2D eigenvalue weighted by Gasteiger charge is 2.08. The molecule has 7 heteroatoms. The van der Waals surface area contributed by atoms with Crippen molar-refractivity contribution >= 4 is 5.91 Å². The van der Waals surface area contributed by atoms with Crippen LogP contribution in [0, 0.1) is 11.3 Å². The molecule has 2 rings (SSSR count). The number of carbonyl (C=O) groups excluding carboxylic acids is 1. The third-order valence-electron chi connectivity index (χ3n) is 3.95. The minimum absolute atomic E-state index is 0.136. The lowest BCUT2D eigenvalue weighted by Gasteiger charge is -2.14. The van der Waals surface area contributed by atoms with Gasteiger partial charge < -0.3 is 24.3 Å². The fraction of sp³-hybridized carbons (Fsp3) is 0.364. The Morgan fingerprint density at radius 3 is 2.34 bits per heavy atom. The molecule has 0 saturated carbocycles. The number of amides is 1. The van der Waals surface area contributed by atoms with Gasteiger partial charge in [0.25, 0.3) is 0 Å². The molecule has 7 nitrogen and oxygen atoms in total. The summed E-state index contributed by atoms with van der Waals surface area (Å²) in [5.41, 5.74) is 0.987. The van der Waals surface area contributed by atoms with Crippen molar-refractivity contribution < 1.29 is 23.7 Å². The first-order valence-electron chi connectivity index (χ1n) is 9.46. The molecule has 0 saturated heterocycles. The molecule has 2 aromatic carbocycles. The number of para-hydroxylation sites is 2. The first-order valence-corrected chi connectivity index (χ1v) is 9.46. The van der Waals surface area contributed by atoms with E-state index in [1.54, 1.807) is 7.11 Å². The van der Waals surface area contributed by atoms with Gasteiger partial charge >= 0.3 is 0 Å². The van der Waals surface area contributed by atoms with Gasteiger partial charge in [-0.1, -0.05) is 18.2 Å². The van der Waals surface area contributed by atoms with E-state index in [-0.39, 0.29) is 12.3 Å². The van der Waals surface area contributed by atoms with Gasteiger partial charge in [0.2, 0.25) is 5.91 Å². The lowest BCUT2D eigenvalue weighted by molar-refractivity contribution is -0.120. The molecule has 29 heavy (non-hydrogen) atoms. The second-order valence-electron chi connectivity index (χ2n) is 6.00. The molecule has 0 aliphatic heterocycles. The first kappa shape index (κ1) is 21.9. The first-order chi connectivity index (χ1) is 14.2. The molecule has 0 aliphatic carbocycles. The second-order valence-corrected chi connectivity index (χ2v) is 6.00. The van der Waals surface area contributed by atoms with Crippen molar-refractivity contribution in [2.24, 2.45) is 0 Å². The molecule has 154 valence electrons. The zero-order chi connectivity index (χ0) is 20.9. The standard InChI is InChI=1S/C22H26N2O5/c1-3-27-19-6-4-5-7-20(19)28-14-15-29-21-16-17(8-9-18(21)26-2)11-13-24-22(25)10-12-23/h4-9,16H,3,10-11,13-15H2,1-2H3,(H,24,25). The summed E-state index contributed by atoms with van der Waals surface area (Å²) in [6.45, 7) is 3.62. The number of rotatable bonds is 12. The van der Waals surface area contributed by atoms with E-state index in [0.29, 0.717) is 55.8 Å². The molecule has 0 fully saturated rings. The van der Waals surface area contributed by atoms with Gasteiger partial charge in [0.15, 0.2) is 23.0 Å². The monoisotopic (exact) mass is 398 g/mol. The maximum absolute atomic E-state index is 11.4. The smallest absolute Gasteiger partial charge is 0.234 e. The number of hydrogen-bond donors (Lipinski definition) is 1. The number of nitrogens with zero attached hydrogens (tertiary/aromatic N) is 1. The molecule has 0 unspecified atom stereocenters. The quantitative estimate of drug-likeness (QED) is 0.553. The SMILES string of the molecule is CCOc1ccccc1OCCOc1cc(CCNC(=O)CC#N)ccc1OC. The van der Waals surface area contributed by atoms with E-state index < -0.39 is 0 Å². The number of nitrogens with one attached hydrogen (secondary N) is 1. The minimum atomic E-state index is -0.276. The Morgan fingerprint density at radius 1 is 1.00 bits per heavy atom. The third kappa shape index (κ3) is 7.26. The van der Waals surface area contributed by atoms with Crippen LogP contribution >= 0.6 is 0 Å². The molecule has 0 aliphatic rings. The molecule has 0 atom stereocenters. The maximum Gasteiger partial charge on any atom is 0.234 e. The lowest BCUT2D eigenvalue weighted by atomic mass is 10.1. The molecule has 0 spiro atoms. The fourth-order valence-electron chi connectivity index (χ4n) is 2.62. The lowest BCUT2D eigenvalue weighted by Crippen LogP contribution is -2.24. The van der Waals surface area contributed by atoms with E-state index in [0.717, 1.165) is 5.56 Å². The van der Waals surface area contributed by atoms with Crippen LogP contribution in [0.1, 0.15) is 18.9 Å². The molecular formula is C22H26N2O5. The number of nitriles is 1. The van der Waals surface area contributed by atoms with Crippen LogP contribution in [0.25, 0.3) is 0 Å². The predicted molar refractivity (Wildman–Crippen MR) is 109 cm³/mol. The zero-order valence-electron chi connectivity index (χ0n) is 16.8. The van der Waals surface area contributed by atoms with Crippen molar-refractivity contribution in [2.75, 3.05) is 33.5 Å². The Hall–Kier alpha value is -3.40. The highest BCUT2D eigenvalue weighted by atomic mass is 16.5. The van der Waals surface area contributed by atoms with Crippen molar-refractivity contribution in [3.05, 3.63) is 48.0 Å². The number of benzene rings is 2. The van der Waals surface area contributed by atoms with Crippen LogP contribution in [0.2, 0.25) is 0 Å². The summed E-state index contributed by atoms with van der Waals surface area (Å²) in [6, 6.07) is 14.9. The van der Waals surface area contributed by atoms with E-state index >= 15 is 0 Å². The fourth-order valence-corrected chi connectivity index (χ4v) is 2.62. The Kier molecular flexibility index (Phi) is 9.16. The Bertz CT molecular complexity index is 832. The molecule has 0 heterocycles. The van der Waals surface area contributed by atoms with Gasteiger partial charge in [-0.3, -0.25) is 4.79 Å². The number of ether oxygens (including phenoxy) is 4. The maximum atomic E-state index is 11.4. The Morgan fingerprint density at radius 2 is 1.69 bits per heavy atom. The summed E-state index contributed by atoms with van der Waals surface area (Å²) >= 11 is 0. The summed E-state index contributed by atoms with van der Waals surface area (Å²) in [7, 11) is 1.58. The largest absolute Gasteiger partial charge is 0.493 e.